The highest BCUT2D eigenvalue weighted by molar-refractivity contribution is 5.83. The lowest BCUT2D eigenvalue weighted by molar-refractivity contribution is -0.386. The third-order valence-corrected chi connectivity index (χ3v) is 3.97. The minimum atomic E-state index is -2.04. The Bertz CT molecular complexity index is 760. The molecule has 2 aromatic carbocycles. The largest absolute Gasteiger partial charge is 0.464 e. The summed E-state index contributed by atoms with van der Waals surface area (Å²) in [6.45, 7) is 3.49. The number of nitro groups is 1. The van der Waals surface area contributed by atoms with Crippen LogP contribution in [0.15, 0.2) is 48.5 Å². The van der Waals surface area contributed by atoms with E-state index in [4.69, 9.17) is 4.74 Å². The molecule has 2 aromatic rings. The zero-order valence-corrected chi connectivity index (χ0v) is 14.3. The third kappa shape index (κ3) is 3.85. The molecular formula is C19H21NO5. The van der Waals surface area contributed by atoms with Crippen molar-refractivity contribution in [2.75, 3.05) is 6.61 Å². The summed E-state index contributed by atoms with van der Waals surface area (Å²) in [5.74, 6) is -0.868. The third-order valence-electron chi connectivity index (χ3n) is 3.97. The fraction of sp³-hybridized carbons (Fsp3) is 0.316. The van der Waals surface area contributed by atoms with Gasteiger partial charge in [-0.25, -0.2) is 4.79 Å². The van der Waals surface area contributed by atoms with Crippen LogP contribution in [0.2, 0.25) is 0 Å². The van der Waals surface area contributed by atoms with Gasteiger partial charge in [-0.2, -0.15) is 0 Å². The maximum atomic E-state index is 12.3. The van der Waals surface area contributed by atoms with Crippen molar-refractivity contribution in [2.45, 2.75) is 32.3 Å². The fourth-order valence-corrected chi connectivity index (χ4v) is 2.80. The van der Waals surface area contributed by atoms with Gasteiger partial charge in [-0.05, 0) is 30.5 Å². The molecule has 1 atom stereocenters. The highest BCUT2D eigenvalue weighted by Crippen LogP contribution is 2.37. The molecule has 0 spiro atoms. The average molecular weight is 343 g/mol. The molecule has 1 unspecified atom stereocenters. The molecule has 25 heavy (non-hydrogen) atoms. The molecule has 1 N–H and O–H groups in total. The second-order valence-electron chi connectivity index (χ2n) is 5.69. The maximum Gasteiger partial charge on any atom is 0.343 e. The lowest BCUT2D eigenvalue weighted by atomic mass is 9.86. The Morgan fingerprint density at radius 2 is 1.84 bits per heavy atom. The minimum absolute atomic E-state index is 0.0390. The Morgan fingerprint density at radius 1 is 1.16 bits per heavy atom. The topological polar surface area (TPSA) is 89.7 Å². The van der Waals surface area contributed by atoms with Crippen molar-refractivity contribution in [1.29, 1.82) is 0 Å². The Kier molecular flexibility index (Phi) is 5.88. The number of hydrogen-bond donors (Lipinski definition) is 1. The number of benzene rings is 2. The van der Waals surface area contributed by atoms with Gasteiger partial charge in [-0.15, -0.1) is 0 Å². The van der Waals surface area contributed by atoms with Crippen LogP contribution in [0.5, 0.6) is 0 Å². The maximum absolute atomic E-state index is 12.3. The first-order valence-electron chi connectivity index (χ1n) is 8.18. The molecule has 0 fully saturated rings. The van der Waals surface area contributed by atoms with Gasteiger partial charge < -0.3 is 9.84 Å². The van der Waals surface area contributed by atoms with Crippen LogP contribution in [0.1, 0.15) is 32.3 Å². The van der Waals surface area contributed by atoms with Crippen LogP contribution in [0.4, 0.5) is 5.69 Å². The molecule has 0 heterocycles. The molecule has 0 amide bonds. The number of nitro benzene ring substituents is 1. The molecule has 2 rings (SSSR count). The van der Waals surface area contributed by atoms with E-state index in [0.717, 1.165) is 5.56 Å². The lowest BCUT2D eigenvalue weighted by Gasteiger charge is -2.25. The van der Waals surface area contributed by atoms with Crippen molar-refractivity contribution >= 4 is 11.7 Å². The first-order valence-corrected chi connectivity index (χ1v) is 8.18. The van der Waals surface area contributed by atoms with Gasteiger partial charge in [0.2, 0.25) is 0 Å². The van der Waals surface area contributed by atoms with Crippen molar-refractivity contribution in [3.8, 4) is 11.1 Å². The summed E-state index contributed by atoms with van der Waals surface area (Å²) in [6.07, 6.45) is 0.504. The van der Waals surface area contributed by atoms with Crippen molar-refractivity contribution < 1.29 is 19.6 Å². The zero-order valence-electron chi connectivity index (χ0n) is 14.3. The Hall–Kier alpha value is -2.73. The smallest absolute Gasteiger partial charge is 0.343 e. The average Bonchev–Trinajstić information content (AvgIpc) is 2.62. The van der Waals surface area contributed by atoms with E-state index in [1.54, 1.807) is 19.9 Å². The zero-order chi connectivity index (χ0) is 18.4. The summed E-state index contributed by atoms with van der Waals surface area (Å²) >= 11 is 0. The van der Waals surface area contributed by atoms with E-state index < -0.39 is 16.5 Å². The summed E-state index contributed by atoms with van der Waals surface area (Å²) in [5.41, 5.74) is -0.934. The van der Waals surface area contributed by atoms with Gasteiger partial charge in [0.1, 0.15) is 0 Å². The van der Waals surface area contributed by atoms with Crippen molar-refractivity contribution in [1.82, 2.24) is 0 Å². The Morgan fingerprint density at radius 3 is 2.40 bits per heavy atom. The predicted molar refractivity (Wildman–Crippen MR) is 94.0 cm³/mol. The molecule has 0 bridgehead atoms. The number of rotatable bonds is 7. The molecule has 6 heteroatoms. The quantitative estimate of drug-likeness (QED) is 0.469. The van der Waals surface area contributed by atoms with E-state index in [9.17, 15) is 20.0 Å². The molecule has 132 valence electrons. The van der Waals surface area contributed by atoms with Gasteiger partial charge in [0, 0.05) is 6.07 Å². The van der Waals surface area contributed by atoms with E-state index in [0.29, 0.717) is 12.0 Å². The highest BCUT2D eigenvalue weighted by atomic mass is 16.6. The van der Waals surface area contributed by atoms with Crippen LogP contribution in [-0.4, -0.2) is 22.6 Å². The second-order valence-corrected chi connectivity index (χ2v) is 5.69. The van der Waals surface area contributed by atoms with Crippen molar-refractivity contribution in [3.63, 3.8) is 0 Å². The number of esters is 1. The van der Waals surface area contributed by atoms with E-state index in [-0.39, 0.29) is 24.3 Å². The number of nitrogens with zero attached hydrogens (tertiary/aromatic N) is 1. The summed E-state index contributed by atoms with van der Waals surface area (Å²) in [4.78, 5) is 23.3. The number of carbonyl (C=O) groups is 1. The summed E-state index contributed by atoms with van der Waals surface area (Å²) in [7, 11) is 0. The molecule has 6 nitrogen and oxygen atoms in total. The van der Waals surface area contributed by atoms with E-state index >= 15 is 0 Å². The second kappa shape index (κ2) is 7.90. The highest BCUT2D eigenvalue weighted by Gasteiger charge is 2.43. The van der Waals surface area contributed by atoms with E-state index in [1.165, 1.54) is 12.1 Å². The van der Waals surface area contributed by atoms with Gasteiger partial charge in [0.25, 0.3) is 5.69 Å². The van der Waals surface area contributed by atoms with E-state index in [2.05, 4.69) is 0 Å². The standard InChI is InChI=1S/C19H21NO5/c1-3-12-19(22,18(21)25-4-2)16-11-10-15(13-17(16)20(23)24)14-8-6-5-7-9-14/h5-11,13,22H,3-4,12H2,1-2H3. The summed E-state index contributed by atoms with van der Waals surface area (Å²) in [6, 6.07) is 13.7. The first-order chi connectivity index (χ1) is 11.9. The number of ether oxygens (including phenoxy) is 1. The van der Waals surface area contributed by atoms with Crippen LogP contribution in [0.25, 0.3) is 11.1 Å². The number of carbonyl (C=O) groups excluding carboxylic acids is 1. The molecular weight excluding hydrogens is 322 g/mol. The molecule has 0 aliphatic carbocycles. The van der Waals surface area contributed by atoms with Gasteiger partial charge >= 0.3 is 5.97 Å². The Labute approximate surface area is 146 Å². The molecule has 0 aromatic heterocycles. The molecule has 0 aliphatic heterocycles. The van der Waals surface area contributed by atoms with Gasteiger partial charge in [-0.1, -0.05) is 49.7 Å². The molecule has 0 aliphatic rings. The molecule has 0 saturated carbocycles. The molecule has 0 radical (unpaired) electrons. The van der Waals surface area contributed by atoms with Gasteiger partial charge in [0.15, 0.2) is 5.60 Å². The van der Waals surface area contributed by atoms with Crippen LogP contribution >= 0.6 is 0 Å². The van der Waals surface area contributed by atoms with Crippen LogP contribution in [0.3, 0.4) is 0 Å². The van der Waals surface area contributed by atoms with Crippen LogP contribution < -0.4 is 0 Å². The summed E-state index contributed by atoms with van der Waals surface area (Å²) < 4.78 is 4.95. The molecule has 0 saturated heterocycles. The van der Waals surface area contributed by atoms with Gasteiger partial charge in [0.05, 0.1) is 17.1 Å². The monoisotopic (exact) mass is 343 g/mol. The van der Waals surface area contributed by atoms with Gasteiger partial charge in [-0.3, -0.25) is 10.1 Å². The normalized spacial score (nSPS) is 13.1. The SMILES string of the molecule is CCCC(O)(C(=O)OCC)c1ccc(-c2ccccc2)cc1[N+](=O)[O-]. The number of aliphatic hydroxyl groups is 1. The van der Waals surface area contributed by atoms with Crippen molar-refractivity contribution in [3.05, 3.63) is 64.2 Å². The Balaban J connectivity index is 2.59. The fourth-order valence-electron chi connectivity index (χ4n) is 2.80. The van der Waals surface area contributed by atoms with Crippen molar-refractivity contribution in [2.24, 2.45) is 0 Å². The van der Waals surface area contributed by atoms with Crippen LogP contribution in [-0.2, 0) is 15.1 Å². The predicted octanol–water partition coefficient (Wildman–Crippen LogP) is 3.81. The van der Waals surface area contributed by atoms with E-state index in [1.807, 2.05) is 30.3 Å². The first kappa shape index (κ1) is 18.6. The summed E-state index contributed by atoms with van der Waals surface area (Å²) in [5, 5.41) is 22.5. The number of hydrogen-bond acceptors (Lipinski definition) is 5. The van der Waals surface area contributed by atoms with Crippen LogP contribution in [0, 0.1) is 10.1 Å². The minimum Gasteiger partial charge on any atom is -0.464 e. The lowest BCUT2D eigenvalue weighted by Crippen LogP contribution is -2.38.